The van der Waals surface area contributed by atoms with Crippen molar-refractivity contribution < 1.29 is 17.1 Å². The Morgan fingerprint density at radius 2 is 1.10 bits per heavy atom. The first-order valence-electron chi connectivity index (χ1n) is 9.67. The third kappa shape index (κ3) is 6.93. The van der Waals surface area contributed by atoms with Crippen LogP contribution in [0, 0.1) is 62.9 Å². The second-order valence-corrected chi connectivity index (χ2v) is 9.16. The molecule has 0 unspecified atom stereocenters. The summed E-state index contributed by atoms with van der Waals surface area (Å²) < 4.78 is 0. The van der Waals surface area contributed by atoms with Crippen molar-refractivity contribution in [2.45, 2.75) is 13.0 Å². The molecule has 2 saturated carbocycles. The van der Waals surface area contributed by atoms with E-state index in [0.29, 0.717) is 6.04 Å². The average Bonchev–Trinajstić information content (AvgIpc) is 3.45. The van der Waals surface area contributed by atoms with Crippen LogP contribution in [0.5, 0.6) is 0 Å². The molecule has 2 aromatic rings. The Hall–Kier alpha value is -0.651. The van der Waals surface area contributed by atoms with Gasteiger partial charge in [0.2, 0.25) is 0 Å². The van der Waals surface area contributed by atoms with Crippen molar-refractivity contribution in [1.29, 1.82) is 0 Å². The molecule has 1 nitrogen and oxygen atoms in total. The number of nitrogens with zero attached hydrogens (tertiary/aromatic N) is 1. The molecule has 0 amide bonds. The van der Waals surface area contributed by atoms with E-state index >= 15 is 0 Å². The van der Waals surface area contributed by atoms with Gasteiger partial charge in [-0.05, 0) is 90.9 Å². The molecule has 29 heavy (non-hydrogen) atoms. The van der Waals surface area contributed by atoms with Crippen LogP contribution in [0.2, 0.25) is 0 Å². The van der Waals surface area contributed by atoms with Gasteiger partial charge in [0.05, 0.1) is 0 Å². The molecule has 0 spiro atoms. The van der Waals surface area contributed by atoms with Gasteiger partial charge in [0.1, 0.15) is 0 Å². The fourth-order valence-electron chi connectivity index (χ4n) is 3.16. The number of hydrogen-bond acceptors (Lipinski definition) is 1. The molecule has 2 fully saturated rings. The third-order valence-corrected chi connectivity index (χ3v) is 7.39. The van der Waals surface area contributed by atoms with Gasteiger partial charge in [-0.15, -0.1) is 0 Å². The summed E-state index contributed by atoms with van der Waals surface area (Å²) in [7, 11) is 3.78. The van der Waals surface area contributed by atoms with Gasteiger partial charge in [-0.1, -0.05) is 60.7 Å². The molecule has 0 bridgehead atoms. The molecule has 150 valence electrons. The second kappa shape index (κ2) is 12.9. The van der Waals surface area contributed by atoms with Gasteiger partial charge < -0.3 is 4.90 Å². The van der Waals surface area contributed by atoms with Crippen molar-refractivity contribution in [1.82, 2.24) is 4.90 Å². The minimum Gasteiger partial charge on any atom is -0.306 e. The minimum absolute atomic E-state index is 0. The van der Waals surface area contributed by atoms with Gasteiger partial charge in [0, 0.05) is 34.7 Å². The van der Waals surface area contributed by atoms with Gasteiger partial charge in [0.25, 0.3) is 0 Å². The fraction of sp³-hybridized carbons (Fsp3) is 0.154. The molecule has 2 aromatic carbocycles. The molecular formula is C26H28FeNP. The summed E-state index contributed by atoms with van der Waals surface area (Å²) in [5.74, 6) is 1.44. The topological polar surface area (TPSA) is 3.24 Å². The average molecular weight is 441 g/mol. The second-order valence-electron chi connectivity index (χ2n) is 6.97. The predicted octanol–water partition coefficient (Wildman–Crippen LogP) is 4.82. The Labute approximate surface area is 190 Å². The monoisotopic (exact) mass is 441 g/mol. The largest absolute Gasteiger partial charge is 0.306 e. The summed E-state index contributed by atoms with van der Waals surface area (Å²) in [4.78, 5) is 2.28. The molecule has 10 radical (unpaired) electrons. The van der Waals surface area contributed by atoms with Gasteiger partial charge in [-0.3, -0.25) is 0 Å². The van der Waals surface area contributed by atoms with Crippen LogP contribution in [0.15, 0.2) is 60.7 Å². The Morgan fingerprint density at radius 3 is 1.52 bits per heavy atom. The first kappa shape index (κ1) is 24.6. The van der Waals surface area contributed by atoms with Crippen LogP contribution in [0.1, 0.15) is 6.92 Å². The summed E-state index contributed by atoms with van der Waals surface area (Å²) in [6.45, 7) is 2.28. The summed E-state index contributed by atoms with van der Waals surface area (Å²) in [5.41, 5.74) is 1.47. The maximum Gasteiger partial charge on any atom is 0.0211 e. The van der Waals surface area contributed by atoms with E-state index in [4.69, 9.17) is 0 Å². The molecule has 0 aliphatic heterocycles. The summed E-state index contributed by atoms with van der Waals surface area (Å²) in [5, 5.41) is 2.82. The molecule has 3 heteroatoms. The van der Waals surface area contributed by atoms with Gasteiger partial charge >= 0.3 is 0 Å². The number of benzene rings is 2. The number of hydrogen-bond donors (Lipinski definition) is 0. The zero-order chi connectivity index (χ0) is 19.8. The van der Waals surface area contributed by atoms with Crippen LogP contribution in [0.3, 0.4) is 0 Å². The van der Waals surface area contributed by atoms with Crippen LogP contribution in [-0.2, 0) is 17.1 Å². The van der Waals surface area contributed by atoms with Crippen molar-refractivity contribution in [2.24, 2.45) is 0 Å². The van der Waals surface area contributed by atoms with Crippen molar-refractivity contribution in [3.63, 3.8) is 0 Å². The SMILES string of the molecule is C[C@H]([C]1[CH][CH][CH][C]1P(c1ccccc1)c1ccccc1)N(C)C.[CH]1[CH][CH][CH][CH]1.[Fe]. The molecule has 4 rings (SSSR count). The van der Waals surface area contributed by atoms with Gasteiger partial charge in [-0.25, -0.2) is 0 Å². The zero-order valence-corrected chi connectivity index (χ0v) is 19.2. The van der Waals surface area contributed by atoms with Crippen molar-refractivity contribution in [2.75, 3.05) is 14.1 Å². The number of rotatable bonds is 5. The fourth-order valence-corrected chi connectivity index (χ4v) is 5.71. The van der Waals surface area contributed by atoms with Crippen molar-refractivity contribution in [3.8, 4) is 0 Å². The molecule has 0 heterocycles. The van der Waals surface area contributed by atoms with Crippen molar-refractivity contribution in [3.05, 3.63) is 124 Å². The molecule has 2 aliphatic rings. The normalized spacial score (nSPS) is 18.4. The van der Waals surface area contributed by atoms with E-state index in [1.165, 1.54) is 22.2 Å². The molecule has 2 aliphatic carbocycles. The quantitative estimate of drug-likeness (QED) is 0.475. The third-order valence-electron chi connectivity index (χ3n) is 4.88. The van der Waals surface area contributed by atoms with E-state index in [0.717, 1.165) is 0 Å². The molecule has 0 N–H and O–H groups in total. The van der Waals surface area contributed by atoms with Crippen LogP contribution >= 0.6 is 7.92 Å². The predicted molar refractivity (Wildman–Crippen MR) is 123 cm³/mol. The van der Waals surface area contributed by atoms with E-state index in [1.807, 2.05) is 32.1 Å². The molecule has 0 aromatic heterocycles. The molecular weight excluding hydrogens is 413 g/mol. The molecule has 0 saturated heterocycles. The van der Waals surface area contributed by atoms with Crippen LogP contribution < -0.4 is 10.6 Å². The summed E-state index contributed by atoms with van der Waals surface area (Å²) >= 11 is 0. The van der Waals surface area contributed by atoms with Crippen LogP contribution in [0.4, 0.5) is 0 Å². The smallest absolute Gasteiger partial charge is 0.0211 e. The van der Waals surface area contributed by atoms with Gasteiger partial charge in [-0.2, -0.15) is 0 Å². The van der Waals surface area contributed by atoms with E-state index in [1.54, 1.807) is 0 Å². The maximum absolute atomic E-state index is 2.31. The zero-order valence-electron chi connectivity index (χ0n) is 17.2. The Balaban J connectivity index is 0.000000437. The molecule has 1 atom stereocenters. The van der Waals surface area contributed by atoms with E-state index in [9.17, 15) is 0 Å². The van der Waals surface area contributed by atoms with E-state index in [-0.39, 0.29) is 17.1 Å². The Morgan fingerprint density at radius 1 is 0.655 bits per heavy atom. The minimum atomic E-state index is -0.514. The van der Waals surface area contributed by atoms with E-state index < -0.39 is 7.92 Å². The summed E-state index contributed by atoms with van der Waals surface area (Å²) in [6.07, 6.45) is 16.8. The Kier molecular flexibility index (Phi) is 11.0. The Bertz CT molecular complexity index is 625. The van der Waals surface area contributed by atoms with Crippen LogP contribution in [0.25, 0.3) is 0 Å². The standard InChI is InChI=1S/C21H23NP.C5H5.Fe/c1-17(22(2)3)20-15-10-16-21(20)23(18-11-6-4-7-12-18)19-13-8-5-9-14-19;1-2-4-5-3-1;/h4-17H,1-3H3;1-5H;/t17-;;/m1../s1. The van der Waals surface area contributed by atoms with Crippen molar-refractivity contribution >= 4 is 18.5 Å². The maximum atomic E-state index is 2.31. The first-order chi connectivity index (χ1) is 13.7. The van der Waals surface area contributed by atoms with Gasteiger partial charge in [0.15, 0.2) is 0 Å². The summed E-state index contributed by atoms with van der Waals surface area (Å²) in [6, 6.07) is 22.2. The first-order valence-corrected chi connectivity index (χ1v) is 11.0. The van der Waals surface area contributed by atoms with Crippen LogP contribution in [-0.4, -0.2) is 25.0 Å². The van der Waals surface area contributed by atoms with E-state index in [2.05, 4.69) is 106 Å².